The average molecular weight is 339 g/mol. The highest BCUT2D eigenvalue weighted by molar-refractivity contribution is 6.31. The molecule has 3 rings (SSSR count). The Hall–Kier alpha value is -2.52. The van der Waals surface area contributed by atoms with Crippen molar-refractivity contribution in [3.05, 3.63) is 76.5 Å². The van der Waals surface area contributed by atoms with Crippen molar-refractivity contribution >= 4 is 34.5 Å². The van der Waals surface area contributed by atoms with Gasteiger partial charge in [-0.05, 0) is 54.3 Å². The van der Waals surface area contributed by atoms with E-state index in [9.17, 15) is 4.79 Å². The van der Waals surface area contributed by atoms with E-state index in [1.54, 1.807) is 6.08 Å². The Morgan fingerprint density at radius 3 is 2.92 bits per heavy atom. The first-order chi connectivity index (χ1) is 11.6. The van der Waals surface area contributed by atoms with Crippen LogP contribution in [0.3, 0.4) is 0 Å². The van der Waals surface area contributed by atoms with E-state index < -0.39 is 0 Å². The molecule has 0 saturated carbocycles. The second-order valence-electron chi connectivity index (χ2n) is 5.73. The Bertz CT molecular complexity index is 896. The molecule has 0 radical (unpaired) electrons. The summed E-state index contributed by atoms with van der Waals surface area (Å²) < 4.78 is 0. The number of aromatic nitrogens is 1. The molecule has 0 aliphatic carbocycles. The van der Waals surface area contributed by atoms with Crippen molar-refractivity contribution in [2.45, 2.75) is 13.3 Å². The number of aryl methyl sites for hydroxylation is 1. The number of carbonyl (C=O) groups is 1. The van der Waals surface area contributed by atoms with E-state index in [-0.39, 0.29) is 5.91 Å². The molecular weight excluding hydrogens is 320 g/mol. The molecule has 0 unspecified atom stereocenters. The van der Waals surface area contributed by atoms with Gasteiger partial charge in [0.15, 0.2) is 0 Å². The number of aromatic amines is 1. The number of hydrogen-bond donors (Lipinski definition) is 2. The zero-order valence-corrected chi connectivity index (χ0v) is 14.2. The molecule has 1 amide bonds. The van der Waals surface area contributed by atoms with E-state index in [0.29, 0.717) is 11.6 Å². The summed E-state index contributed by atoms with van der Waals surface area (Å²) in [7, 11) is 0. The second kappa shape index (κ2) is 7.37. The third-order valence-electron chi connectivity index (χ3n) is 4.03. The molecule has 1 heterocycles. The lowest BCUT2D eigenvalue weighted by Crippen LogP contribution is -2.23. The Balaban J connectivity index is 1.57. The number of fused-ring (bicyclic) bond motifs is 1. The molecule has 4 heteroatoms. The fourth-order valence-electron chi connectivity index (χ4n) is 2.68. The molecular formula is C20H19ClN2O. The van der Waals surface area contributed by atoms with E-state index in [1.165, 1.54) is 0 Å². The summed E-state index contributed by atoms with van der Waals surface area (Å²) in [6.45, 7) is 2.61. The number of nitrogens with one attached hydrogen (secondary N) is 2. The molecule has 0 spiro atoms. The van der Waals surface area contributed by atoms with Crippen LogP contribution in [0.15, 0.2) is 54.7 Å². The van der Waals surface area contributed by atoms with Gasteiger partial charge in [-0.1, -0.05) is 35.9 Å². The number of amides is 1. The summed E-state index contributed by atoms with van der Waals surface area (Å²) in [6, 6.07) is 13.7. The predicted octanol–water partition coefficient (Wildman–Crippen LogP) is 4.50. The minimum Gasteiger partial charge on any atom is -0.361 e. The Labute approximate surface area is 146 Å². The molecule has 0 fully saturated rings. The predicted molar refractivity (Wildman–Crippen MR) is 100 cm³/mol. The number of H-pyrrole nitrogens is 1. The summed E-state index contributed by atoms with van der Waals surface area (Å²) in [5, 5.41) is 4.74. The lowest BCUT2D eigenvalue weighted by atomic mass is 10.1. The van der Waals surface area contributed by atoms with Crippen LogP contribution in [-0.4, -0.2) is 17.4 Å². The molecule has 2 aromatic carbocycles. The standard InChI is InChI=1S/C20H19ClN2O/c1-14-4-2-3-5-15(14)6-9-20(24)22-11-10-16-13-23-19-8-7-17(21)12-18(16)19/h2-9,12-13,23H,10-11H2,1H3,(H,22,24). The van der Waals surface area contributed by atoms with Crippen molar-refractivity contribution in [1.82, 2.24) is 10.3 Å². The zero-order chi connectivity index (χ0) is 16.9. The fraction of sp³-hybridized carbons (Fsp3) is 0.150. The van der Waals surface area contributed by atoms with Crippen molar-refractivity contribution in [3.8, 4) is 0 Å². The molecule has 24 heavy (non-hydrogen) atoms. The first kappa shape index (κ1) is 16.3. The van der Waals surface area contributed by atoms with Gasteiger partial charge < -0.3 is 10.3 Å². The molecule has 2 N–H and O–H groups in total. The highest BCUT2D eigenvalue weighted by atomic mass is 35.5. The van der Waals surface area contributed by atoms with Crippen molar-refractivity contribution in [2.24, 2.45) is 0 Å². The third kappa shape index (κ3) is 3.87. The topological polar surface area (TPSA) is 44.9 Å². The van der Waals surface area contributed by atoms with E-state index in [0.717, 1.165) is 34.0 Å². The number of carbonyl (C=O) groups excluding carboxylic acids is 1. The normalized spacial score (nSPS) is 11.2. The van der Waals surface area contributed by atoms with Gasteiger partial charge in [-0.25, -0.2) is 0 Å². The van der Waals surface area contributed by atoms with Gasteiger partial charge in [0, 0.05) is 34.7 Å². The van der Waals surface area contributed by atoms with Gasteiger partial charge >= 0.3 is 0 Å². The summed E-state index contributed by atoms with van der Waals surface area (Å²) in [6.07, 6.45) is 6.14. The molecule has 0 atom stereocenters. The van der Waals surface area contributed by atoms with Crippen LogP contribution < -0.4 is 5.32 Å². The molecule has 0 aliphatic rings. The van der Waals surface area contributed by atoms with Gasteiger partial charge in [0.05, 0.1) is 0 Å². The highest BCUT2D eigenvalue weighted by Gasteiger charge is 2.05. The SMILES string of the molecule is Cc1ccccc1C=CC(=O)NCCc1c[nH]c2ccc(Cl)cc12. The first-order valence-corrected chi connectivity index (χ1v) is 8.28. The summed E-state index contributed by atoms with van der Waals surface area (Å²) in [5.74, 6) is -0.0869. The molecule has 0 bridgehead atoms. The Morgan fingerprint density at radius 1 is 1.25 bits per heavy atom. The van der Waals surface area contributed by atoms with Crippen LogP contribution in [-0.2, 0) is 11.2 Å². The lowest BCUT2D eigenvalue weighted by Gasteiger charge is -2.03. The maximum Gasteiger partial charge on any atom is 0.244 e. The molecule has 0 aliphatic heterocycles. The van der Waals surface area contributed by atoms with Gasteiger partial charge in [-0.2, -0.15) is 0 Å². The maximum absolute atomic E-state index is 11.9. The number of rotatable bonds is 5. The van der Waals surface area contributed by atoms with Crippen molar-refractivity contribution in [1.29, 1.82) is 0 Å². The molecule has 122 valence electrons. The number of hydrogen-bond acceptors (Lipinski definition) is 1. The van der Waals surface area contributed by atoms with Crippen LogP contribution >= 0.6 is 11.6 Å². The second-order valence-corrected chi connectivity index (χ2v) is 6.17. The monoisotopic (exact) mass is 338 g/mol. The Kier molecular flexibility index (Phi) is 5.02. The largest absolute Gasteiger partial charge is 0.361 e. The lowest BCUT2D eigenvalue weighted by molar-refractivity contribution is -0.116. The third-order valence-corrected chi connectivity index (χ3v) is 4.26. The zero-order valence-electron chi connectivity index (χ0n) is 13.5. The van der Waals surface area contributed by atoms with Crippen LogP contribution in [0.25, 0.3) is 17.0 Å². The van der Waals surface area contributed by atoms with Gasteiger partial charge in [-0.15, -0.1) is 0 Å². The van der Waals surface area contributed by atoms with Crippen LogP contribution in [0, 0.1) is 6.92 Å². The van der Waals surface area contributed by atoms with Crippen molar-refractivity contribution in [3.63, 3.8) is 0 Å². The fourth-order valence-corrected chi connectivity index (χ4v) is 2.85. The number of benzene rings is 2. The molecule has 3 aromatic rings. The maximum atomic E-state index is 11.9. The van der Waals surface area contributed by atoms with E-state index in [2.05, 4.69) is 10.3 Å². The Morgan fingerprint density at radius 2 is 2.08 bits per heavy atom. The van der Waals surface area contributed by atoms with Crippen molar-refractivity contribution in [2.75, 3.05) is 6.54 Å². The minimum absolute atomic E-state index is 0.0869. The molecule has 0 saturated heterocycles. The van der Waals surface area contributed by atoms with Crippen LogP contribution in [0.4, 0.5) is 0 Å². The smallest absolute Gasteiger partial charge is 0.244 e. The van der Waals surface area contributed by atoms with E-state index >= 15 is 0 Å². The summed E-state index contributed by atoms with van der Waals surface area (Å²) >= 11 is 6.05. The van der Waals surface area contributed by atoms with Gasteiger partial charge in [0.25, 0.3) is 0 Å². The van der Waals surface area contributed by atoms with Crippen LogP contribution in [0.1, 0.15) is 16.7 Å². The van der Waals surface area contributed by atoms with Gasteiger partial charge in [-0.3, -0.25) is 4.79 Å². The van der Waals surface area contributed by atoms with Gasteiger partial charge in [0.1, 0.15) is 0 Å². The van der Waals surface area contributed by atoms with E-state index in [1.807, 2.05) is 61.7 Å². The quantitative estimate of drug-likeness (QED) is 0.661. The molecule has 1 aromatic heterocycles. The van der Waals surface area contributed by atoms with Crippen LogP contribution in [0.2, 0.25) is 5.02 Å². The number of halogens is 1. The van der Waals surface area contributed by atoms with E-state index in [4.69, 9.17) is 11.6 Å². The average Bonchev–Trinajstić information content (AvgIpc) is 2.96. The van der Waals surface area contributed by atoms with Gasteiger partial charge in [0.2, 0.25) is 5.91 Å². The highest BCUT2D eigenvalue weighted by Crippen LogP contribution is 2.22. The molecule has 3 nitrogen and oxygen atoms in total. The van der Waals surface area contributed by atoms with Crippen molar-refractivity contribution < 1.29 is 4.79 Å². The first-order valence-electron chi connectivity index (χ1n) is 7.90. The summed E-state index contributed by atoms with van der Waals surface area (Å²) in [5.41, 5.74) is 4.41. The summed E-state index contributed by atoms with van der Waals surface area (Å²) in [4.78, 5) is 15.2. The minimum atomic E-state index is -0.0869. The van der Waals surface area contributed by atoms with Crippen LogP contribution in [0.5, 0.6) is 0 Å².